The van der Waals surface area contributed by atoms with Gasteiger partial charge in [-0.2, -0.15) is 0 Å². The number of benzene rings is 1. The largest absolute Gasteiger partial charge is 0.358 e. The van der Waals surface area contributed by atoms with Crippen LogP contribution in [0.2, 0.25) is 0 Å². The van der Waals surface area contributed by atoms with Crippen LogP contribution in [-0.2, 0) is 11.2 Å². The van der Waals surface area contributed by atoms with Gasteiger partial charge in [0.25, 0.3) is 0 Å². The SMILES string of the molecule is C=Cc1c(C)cc(CCNC=O)nc1-c1ccc(F)cc1. The van der Waals surface area contributed by atoms with E-state index in [4.69, 9.17) is 0 Å². The molecule has 2 aromatic rings. The van der Waals surface area contributed by atoms with Crippen molar-refractivity contribution in [3.63, 3.8) is 0 Å². The molecule has 0 bridgehead atoms. The van der Waals surface area contributed by atoms with E-state index in [1.165, 1.54) is 12.1 Å². The lowest BCUT2D eigenvalue weighted by molar-refractivity contribution is -0.109. The number of halogens is 1. The molecule has 0 radical (unpaired) electrons. The maximum Gasteiger partial charge on any atom is 0.207 e. The van der Waals surface area contributed by atoms with Gasteiger partial charge >= 0.3 is 0 Å². The van der Waals surface area contributed by atoms with Crippen LogP contribution in [-0.4, -0.2) is 17.9 Å². The van der Waals surface area contributed by atoms with Crippen LogP contribution in [0.15, 0.2) is 36.9 Å². The number of hydrogen-bond acceptors (Lipinski definition) is 2. The number of aryl methyl sites for hydroxylation is 1. The van der Waals surface area contributed by atoms with Crippen molar-refractivity contribution in [1.29, 1.82) is 0 Å². The number of hydrogen-bond donors (Lipinski definition) is 1. The Hall–Kier alpha value is -2.49. The van der Waals surface area contributed by atoms with Gasteiger partial charge in [-0.05, 0) is 42.8 Å². The van der Waals surface area contributed by atoms with E-state index in [2.05, 4.69) is 16.9 Å². The average Bonchev–Trinajstić information content (AvgIpc) is 2.48. The number of carbonyl (C=O) groups excluding carboxylic acids is 1. The maximum atomic E-state index is 13.1. The molecule has 0 saturated heterocycles. The highest BCUT2D eigenvalue weighted by Gasteiger charge is 2.10. The Labute approximate surface area is 123 Å². The van der Waals surface area contributed by atoms with E-state index in [9.17, 15) is 9.18 Å². The van der Waals surface area contributed by atoms with Crippen molar-refractivity contribution in [2.24, 2.45) is 0 Å². The lowest BCUT2D eigenvalue weighted by atomic mass is 10.00. The standard InChI is InChI=1S/C17H17FN2O/c1-3-16-12(2)10-15(8-9-19-11-21)20-17(16)13-4-6-14(18)7-5-13/h3-7,10-11H,1,8-9H2,2H3,(H,19,21). The third-order valence-corrected chi connectivity index (χ3v) is 3.25. The van der Waals surface area contributed by atoms with Crippen molar-refractivity contribution in [3.05, 3.63) is 59.5 Å². The normalized spacial score (nSPS) is 10.2. The number of rotatable bonds is 6. The summed E-state index contributed by atoms with van der Waals surface area (Å²) < 4.78 is 13.1. The van der Waals surface area contributed by atoms with E-state index in [1.807, 2.05) is 13.0 Å². The van der Waals surface area contributed by atoms with Gasteiger partial charge in [-0.3, -0.25) is 9.78 Å². The van der Waals surface area contributed by atoms with Gasteiger partial charge in [0.05, 0.1) is 5.69 Å². The molecule has 0 spiro atoms. The van der Waals surface area contributed by atoms with Crippen molar-refractivity contribution in [1.82, 2.24) is 10.3 Å². The van der Waals surface area contributed by atoms with Crippen LogP contribution in [0, 0.1) is 12.7 Å². The average molecular weight is 284 g/mol. The molecule has 108 valence electrons. The minimum absolute atomic E-state index is 0.276. The first-order valence-electron chi connectivity index (χ1n) is 6.71. The topological polar surface area (TPSA) is 42.0 Å². The molecule has 0 aliphatic rings. The van der Waals surface area contributed by atoms with Crippen LogP contribution in [0.4, 0.5) is 4.39 Å². The van der Waals surface area contributed by atoms with E-state index in [0.717, 1.165) is 28.1 Å². The summed E-state index contributed by atoms with van der Waals surface area (Å²) in [7, 11) is 0. The molecule has 4 heteroatoms. The lowest BCUT2D eigenvalue weighted by Gasteiger charge is -2.12. The highest BCUT2D eigenvalue weighted by molar-refractivity contribution is 5.73. The zero-order valence-corrected chi connectivity index (χ0v) is 11.9. The Morgan fingerprint density at radius 2 is 2.05 bits per heavy atom. The van der Waals surface area contributed by atoms with Crippen molar-refractivity contribution >= 4 is 12.5 Å². The molecule has 1 aromatic heterocycles. The Kier molecular flexibility index (Phi) is 4.82. The first-order valence-corrected chi connectivity index (χ1v) is 6.71. The predicted octanol–water partition coefficient (Wildman–Crippen LogP) is 3.13. The van der Waals surface area contributed by atoms with E-state index in [1.54, 1.807) is 18.2 Å². The fraction of sp³-hybridized carbons (Fsp3) is 0.176. The van der Waals surface area contributed by atoms with Gasteiger partial charge in [0, 0.05) is 29.8 Å². The summed E-state index contributed by atoms with van der Waals surface area (Å²) in [5.74, 6) is -0.276. The van der Waals surface area contributed by atoms with Crippen LogP contribution >= 0.6 is 0 Å². The second kappa shape index (κ2) is 6.79. The molecule has 0 fully saturated rings. The van der Waals surface area contributed by atoms with Crippen molar-refractivity contribution in [3.8, 4) is 11.3 Å². The molecule has 0 unspecified atom stereocenters. The van der Waals surface area contributed by atoms with Gasteiger partial charge in [-0.15, -0.1) is 0 Å². The van der Waals surface area contributed by atoms with Gasteiger partial charge in [0.1, 0.15) is 5.82 Å². The summed E-state index contributed by atoms with van der Waals surface area (Å²) in [5.41, 5.74) is 4.51. The zero-order valence-electron chi connectivity index (χ0n) is 11.9. The van der Waals surface area contributed by atoms with Gasteiger partial charge < -0.3 is 5.32 Å². The third kappa shape index (κ3) is 3.54. The molecule has 0 saturated carbocycles. The summed E-state index contributed by atoms with van der Waals surface area (Å²) in [4.78, 5) is 14.9. The molecule has 3 nitrogen and oxygen atoms in total. The van der Waals surface area contributed by atoms with Crippen LogP contribution in [0.5, 0.6) is 0 Å². The predicted molar refractivity (Wildman–Crippen MR) is 82.2 cm³/mol. The minimum atomic E-state index is -0.276. The fourth-order valence-electron chi connectivity index (χ4n) is 2.22. The zero-order chi connectivity index (χ0) is 15.2. The third-order valence-electron chi connectivity index (χ3n) is 3.25. The molecule has 21 heavy (non-hydrogen) atoms. The van der Waals surface area contributed by atoms with Crippen LogP contribution < -0.4 is 5.32 Å². The van der Waals surface area contributed by atoms with E-state index in [0.29, 0.717) is 19.4 Å². The molecule has 1 amide bonds. The molecule has 1 aromatic carbocycles. The number of aromatic nitrogens is 1. The summed E-state index contributed by atoms with van der Waals surface area (Å²) in [5, 5.41) is 2.62. The Bertz CT molecular complexity index is 651. The van der Waals surface area contributed by atoms with Crippen molar-refractivity contribution in [2.75, 3.05) is 6.54 Å². The second-order valence-corrected chi connectivity index (χ2v) is 4.73. The molecule has 0 atom stereocenters. The Morgan fingerprint density at radius 1 is 1.33 bits per heavy atom. The first kappa shape index (κ1) is 14.9. The molecule has 2 rings (SSSR count). The summed E-state index contributed by atoms with van der Waals surface area (Å²) in [6.45, 7) is 6.35. The van der Waals surface area contributed by atoms with Crippen LogP contribution in [0.3, 0.4) is 0 Å². The smallest absolute Gasteiger partial charge is 0.207 e. The summed E-state index contributed by atoms with van der Waals surface area (Å²) in [6.07, 6.45) is 3.07. The second-order valence-electron chi connectivity index (χ2n) is 4.73. The highest BCUT2D eigenvalue weighted by Crippen LogP contribution is 2.26. The fourth-order valence-corrected chi connectivity index (χ4v) is 2.22. The number of nitrogens with one attached hydrogen (secondary N) is 1. The summed E-state index contributed by atoms with van der Waals surface area (Å²) >= 11 is 0. The molecule has 0 aliphatic heterocycles. The number of carbonyl (C=O) groups is 1. The monoisotopic (exact) mass is 284 g/mol. The Balaban J connectivity index is 2.43. The number of amides is 1. The van der Waals surface area contributed by atoms with Crippen LogP contribution in [0.1, 0.15) is 16.8 Å². The number of pyridine rings is 1. The molecular formula is C17H17FN2O. The van der Waals surface area contributed by atoms with Crippen LogP contribution in [0.25, 0.3) is 17.3 Å². The maximum absolute atomic E-state index is 13.1. The van der Waals surface area contributed by atoms with Crippen molar-refractivity contribution < 1.29 is 9.18 Å². The molecular weight excluding hydrogens is 267 g/mol. The minimum Gasteiger partial charge on any atom is -0.358 e. The molecule has 1 N–H and O–H groups in total. The first-order chi connectivity index (χ1) is 10.2. The van der Waals surface area contributed by atoms with Gasteiger partial charge in [-0.25, -0.2) is 4.39 Å². The van der Waals surface area contributed by atoms with Gasteiger partial charge in [0.15, 0.2) is 0 Å². The molecule has 1 heterocycles. The highest BCUT2D eigenvalue weighted by atomic mass is 19.1. The van der Waals surface area contributed by atoms with E-state index < -0.39 is 0 Å². The summed E-state index contributed by atoms with van der Waals surface area (Å²) in [6, 6.07) is 8.23. The quantitative estimate of drug-likeness (QED) is 0.654. The Morgan fingerprint density at radius 3 is 2.67 bits per heavy atom. The van der Waals surface area contributed by atoms with Gasteiger partial charge in [0.2, 0.25) is 6.41 Å². The van der Waals surface area contributed by atoms with Crippen molar-refractivity contribution in [2.45, 2.75) is 13.3 Å². The van der Waals surface area contributed by atoms with E-state index in [-0.39, 0.29) is 5.82 Å². The number of nitrogens with zero attached hydrogens (tertiary/aromatic N) is 1. The van der Waals surface area contributed by atoms with Gasteiger partial charge in [-0.1, -0.05) is 12.7 Å². The molecule has 0 aliphatic carbocycles. The lowest BCUT2D eigenvalue weighted by Crippen LogP contribution is -2.15. The van der Waals surface area contributed by atoms with E-state index >= 15 is 0 Å².